The Bertz CT molecular complexity index is 266. The lowest BCUT2D eigenvalue weighted by Crippen LogP contribution is -2.05. The second kappa shape index (κ2) is 19.2. The second-order valence-electron chi connectivity index (χ2n) is 6.62. The molecule has 3 nitrogen and oxygen atoms in total. The van der Waals surface area contributed by atoms with E-state index in [4.69, 9.17) is 10.1 Å². The van der Waals surface area contributed by atoms with Crippen LogP contribution < -0.4 is 0 Å². The quantitative estimate of drug-likeness (QED) is 0.179. The first-order chi connectivity index (χ1) is 11.3. The zero-order chi connectivity index (χ0) is 17.0. The molecule has 0 unspecified atom stereocenters. The lowest BCUT2D eigenvalue weighted by atomic mass is 10.0. The van der Waals surface area contributed by atoms with Crippen LogP contribution in [0.15, 0.2) is 0 Å². The van der Waals surface area contributed by atoms with Crippen LogP contribution in [0.1, 0.15) is 110 Å². The summed E-state index contributed by atoms with van der Waals surface area (Å²) < 4.78 is 4.83. The summed E-state index contributed by atoms with van der Waals surface area (Å²) in [5, 5.41) is 6.71. The van der Waals surface area contributed by atoms with Crippen molar-refractivity contribution in [3.8, 4) is 0 Å². The molecule has 0 saturated heterocycles. The van der Waals surface area contributed by atoms with Crippen molar-refractivity contribution in [2.75, 3.05) is 6.61 Å². The number of hydrogen-bond donors (Lipinski definition) is 1. The Kier molecular flexibility index (Phi) is 18.5. The van der Waals surface area contributed by atoms with Gasteiger partial charge in [0, 0.05) is 0 Å². The van der Waals surface area contributed by atoms with Crippen molar-refractivity contribution in [2.45, 2.75) is 110 Å². The Morgan fingerprint density at radius 1 is 0.696 bits per heavy atom. The fraction of sp³-hybridized carbons (Fsp3) is 0.900. The largest absolute Gasteiger partial charge is 0.461 e. The van der Waals surface area contributed by atoms with E-state index in [1.807, 2.05) is 0 Å². The molecule has 0 aliphatic carbocycles. The molecule has 0 atom stereocenters. The Hall–Kier alpha value is -0.860. The summed E-state index contributed by atoms with van der Waals surface area (Å²) in [5.74, 6) is -0.522. The van der Waals surface area contributed by atoms with Gasteiger partial charge >= 0.3 is 5.97 Å². The standard InChI is InChI=1S/C20H39NO2/c1-2-3-4-5-6-7-8-9-10-11-12-13-14-15-16-17-18-23-20(22)19-21/h19,21H,2-18H2,1H3. The van der Waals surface area contributed by atoms with E-state index in [-0.39, 0.29) is 0 Å². The summed E-state index contributed by atoms with van der Waals surface area (Å²) in [4.78, 5) is 10.7. The minimum absolute atomic E-state index is 0.465. The van der Waals surface area contributed by atoms with Crippen LogP contribution in [-0.4, -0.2) is 18.8 Å². The van der Waals surface area contributed by atoms with Crippen molar-refractivity contribution in [3.63, 3.8) is 0 Å². The SMILES string of the molecule is CCCCCCCCCCCCCCCCCCOC(=O)C=N. The van der Waals surface area contributed by atoms with Crippen LogP contribution in [0.5, 0.6) is 0 Å². The van der Waals surface area contributed by atoms with Crippen LogP contribution in [0, 0.1) is 5.41 Å². The third-order valence-electron chi connectivity index (χ3n) is 4.36. The van der Waals surface area contributed by atoms with E-state index in [1.165, 1.54) is 89.9 Å². The van der Waals surface area contributed by atoms with Gasteiger partial charge in [0.2, 0.25) is 0 Å². The summed E-state index contributed by atoms with van der Waals surface area (Å²) in [7, 11) is 0. The first kappa shape index (κ1) is 22.1. The van der Waals surface area contributed by atoms with E-state index < -0.39 is 5.97 Å². The third kappa shape index (κ3) is 19.1. The maximum absolute atomic E-state index is 10.7. The van der Waals surface area contributed by atoms with Gasteiger partial charge in [0.1, 0.15) is 6.21 Å². The van der Waals surface area contributed by atoms with Gasteiger partial charge in [-0.05, 0) is 6.42 Å². The molecular weight excluding hydrogens is 286 g/mol. The van der Waals surface area contributed by atoms with Crippen molar-refractivity contribution < 1.29 is 9.53 Å². The molecular formula is C20H39NO2. The lowest BCUT2D eigenvalue weighted by molar-refractivity contribution is -0.135. The molecule has 136 valence electrons. The molecule has 0 rings (SSSR count). The average molecular weight is 326 g/mol. The molecule has 0 fully saturated rings. The Balaban J connectivity index is 3.00. The smallest absolute Gasteiger partial charge is 0.348 e. The molecule has 0 aliphatic heterocycles. The fourth-order valence-corrected chi connectivity index (χ4v) is 2.86. The van der Waals surface area contributed by atoms with E-state index in [0.717, 1.165) is 19.1 Å². The molecule has 0 aromatic carbocycles. The van der Waals surface area contributed by atoms with Crippen LogP contribution >= 0.6 is 0 Å². The Labute approximate surface area is 144 Å². The second-order valence-corrected chi connectivity index (χ2v) is 6.62. The van der Waals surface area contributed by atoms with Gasteiger partial charge in [-0.15, -0.1) is 0 Å². The topological polar surface area (TPSA) is 50.2 Å². The zero-order valence-corrected chi connectivity index (χ0v) is 15.4. The van der Waals surface area contributed by atoms with Crippen molar-refractivity contribution in [1.29, 1.82) is 5.41 Å². The zero-order valence-electron chi connectivity index (χ0n) is 15.4. The first-order valence-electron chi connectivity index (χ1n) is 9.98. The van der Waals surface area contributed by atoms with Crippen LogP contribution in [0.4, 0.5) is 0 Å². The van der Waals surface area contributed by atoms with Crippen molar-refractivity contribution in [3.05, 3.63) is 0 Å². The number of esters is 1. The number of nitrogens with one attached hydrogen (secondary N) is 1. The van der Waals surface area contributed by atoms with Crippen LogP contribution in [0.3, 0.4) is 0 Å². The first-order valence-corrected chi connectivity index (χ1v) is 9.98. The lowest BCUT2D eigenvalue weighted by Gasteiger charge is -2.04. The summed E-state index contributed by atoms with van der Waals surface area (Å²) in [6.07, 6.45) is 22.2. The third-order valence-corrected chi connectivity index (χ3v) is 4.36. The normalized spacial score (nSPS) is 10.7. The highest BCUT2D eigenvalue weighted by atomic mass is 16.5. The van der Waals surface area contributed by atoms with Crippen LogP contribution in [0.25, 0.3) is 0 Å². The fourth-order valence-electron chi connectivity index (χ4n) is 2.86. The van der Waals surface area contributed by atoms with E-state index in [0.29, 0.717) is 6.61 Å². The molecule has 0 aromatic rings. The number of carbonyl (C=O) groups excluding carboxylic acids is 1. The predicted octanol–water partition coefficient (Wildman–Crippen LogP) is 6.44. The van der Waals surface area contributed by atoms with E-state index >= 15 is 0 Å². The van der Waals surface area contributed by atoms with Gasteiger partial charge in [-0.2, -0.15) is 0 Å². The Morgan fingerprint density at radius 3 is 1.39 bits per heavy atom. The van der Waals surface area contributed by atoms with Crippen LogP contribution in [-0.2, 0) is 9.53 Å². The summed E-state index contributed by atoms with van der Waals surface area (Å²) in [6.45, 7) is 2.74. The maximum atomic E-state index is 10.7. The number of ether oxygens (including phenoxy) is 1. The average Bonchev–Trinajstić information content (AvgIpc) is 2.57. The van der Waals surface area contributed by atoms with Gasteiger partial charge in [-0.25, -0.2) is 4.79 Å². The highest BCUT2D eigenvalue weighted by Crippen LogP contribution is 2.13. The molecule has 0 bridgehead atoms. The molecule has 0 radical (unpaired) electrons. The minimum Gasteiger partial charge on any atom is -0.461 e. The predicted molar refractivity (Wildman–Crippen MR) is 99.3 cm³/mol. The van der Waals surface area contributed by atoms with Crippen molar-refractivity contribution in [1.82, 2.24) is 0 Å². The number of rotatable bonds is 18. The molecule has 0 heterocycles. The highest BCUT2D eigenvalue weighted by molar-refractivity contribution is 6.21. The summed E-state index contributed by atoms with van der Waals surface area (Å²) in [6, 6.07) is 0. The van der Waals surface area contributed by atoms with Gasteiger partial charge in [-0.1, -0.05) is 103 Å². The number of carbonyl (C=O) groups is 1. The minimum atomic E-state index is -0.522. The molecule has 23 heavy (non-hydrogen) atoms. The van der Waals surface area contributed by atoms with Crippen molar-refractivity contribution >= 4 is 12.2 Å². The van der Waals surface area contributed by atoms with E-state index in [1.54, 1.807) is 0 Å². The maximum Gasteiger partial charge on any atom is 0.348 e. The van der Waals surface area contributed by atoms with Gasteiger partial charge in [-0.3, -0.25) is 0 Å². The summed E-state index contributed by atoms with van der Waals surface area (Å²) >= 11 is 0. The monoisotopic (exact) mass is 325 g/mol. The molecule has 3 heteroatoms. The summed E-state index contributed by atoms with van der Waals surface area (Å²) in [5.41, 5.74) is 0. The van der Waals surface area contributed by atoms with Gasteiger partial charge in [0.05, 0.1) is 6.61 Å². The number of unbranched alkanes of at least 4 members (excludes halogenated alkanes) is 15. The molecule has 0 aliphatic rings. The van der Waals surface area contributed by atoms with Gasteiger partial charge < -0.3 is 10.1 Å². The van der Waals surface area contributed by atoms with Crippen LogP contribution in [0.2, 0.25) is 0 Å². The molecule has 0 amide bonds. The Morgan fingerprint density at radius 2 is 1.04 bits per heavy atom. The molecule has 0 saturated carbocycles. The van der Waals surface area contributed by atoms with Gasteiger partial charge in [0.15, 0.2) is 0 Å². The number of hydrogen-bond acceptors (Lipinski definition) is 3. The molecule has 0 aromatic heterocycles. The molecule has 0 spiro atoms. The van der Waals surface area contributed by atoms with Gasteiger partial charge in [0.25, 0.3) is 0 Å². The molecule has 1 N–H and O–H groups in total. The highest BCUT2D eigenvalue weighted by Gasteiger charge is 1.97. The van der Waals surface area contributed by atoms with E-state index in [2.05, 4.69) is 6.92 Å². The van der Waals surface area contributed by atoms with Crippen molar-refractivity contribution in [2.24, 2.45) is 0 Å². The van der Waals surface area contributed by atoms with E-state index in [9.17, 15) is 4.79 Å².